The smallest absolute Gasteiger partial charge is 0.255 e. The Hall–Kier alpha value is -3.21. The summed E-state index contributed by atoms with van der Waals surface area (Å²) < 4.78 is 35.0. The highest BCUT2D eigenvalue weighted by Gasteiger charge is 2.27. The van der Waals surface area contributed by atoms with E-state index in [1.807, 2.05) is 24.9 Å². The molecule has 3 aromatic rings. The largest absolute Gasteiger partial charge is 0.486 e. The van der Waals surface area contributed by atoms with Crippen LogP contribution in [0.25, 0.3) is 0 Å². The van der Waals surface area contributed by atoms with Crippen LogP contribution in [0.5, 0.6) is 5.75 Å². The van der Waals surface area contributed by atoms with Gasteiger partial charge in [-0.05, 0) is 49.5 Å². The molecule has 0 unspecified atom stereocenters. The number of carbonyl (C=O) groups is 1. The Morgan fingerprint density at radius 2 is 1.79 bits per heavy atom. The first-order valence-corrected chi connectivity index (χ1v) is 12.1. The monoisotopic (exact) mass is 469 g/mol. The SMILES string of the molecule is CN1CCN(S(=O)(=O)c2cccc(NC(=O)c3ccc(OCc4nccn4C)cc3)c2)CC1. The zero-order chi connectivity index (χ0) is 23.4. The number of carbonyl (C=O) groups excluding carboxylic acids is 1. The van der Waals surface area contributed by atoms with E-state index >= 15 is 0 Å². The minimum atomic E-state index is -3.61. The van der Waals surface area contributed by atoms with Crippen molar-refractivity contribution in [2.45, 2.75) is 11.5 Å². The Bertz CT molecular complexity index is 1220. The molecule has 174 valence electrons. The molecule has 1 aliphatic heterocycles. The van der Waals surface area contributed by atoms with Gasteiger partial charge in [-0.15, -0.1) is 0 Å². The van der Waals surface area contributed by atoms with Crippen LogP contribution in [0.4, 0.5) is 5.69 Å². The quantitative estimate of drug-likeness (QED) is 0.570. The van der Waals surface area contributed by atoms with E-state index in [-0.39, 0.29) is 10.8 Å². The highest BCUT2D eigenvalue weighted by atomic mass is 32.2. The highest BCUT2D eigenvalue weighted by Crippen LogP contribution is 2.22. The number of hydrogen-bond acceptors (Lipinski definition) is 6. The number of anilines is 1. The average Bonchev–Trinajstić information content (AvgIpc) is 3.23. The fourth-order valence-corrected chi connectivity index (χ4v) is 4.97. The molecule has 0 radical (unpaired) electrons. The third-order valence-corrected chi connectivity index (χ3v) is 7.49. The number of nitrogens with zero attached hydrogens (tertiary/aromatic N) is 4. The first-order valence-electron chi connectivity index (χ1n) is 10.6. The van der Waals surface area contributed by atoms with Crippen LogP contribution in [0, 0.1) is 0 Å². The summed E-state index contributed by atoms with van der Waals surface area (Å²) in [6.45, 7) is 2.60. The number of nitrogens with one attached hydrogen (secondary N) is 1. The number of hydrogen-bond donors (Lipinski definition) is 1. The van der Waals surface area contributed by atoms with Gasteiger partial charge in [0.2, 0.25) is 10.0 Å². The maximum atomic E-state index is 13.0. The molecule has 0 aliphatic carbocycles. The summed E-state index contributed by atoms with van der Waals surface area (Å²) in [4.78, 5) is 19.2. The van der Waals surface area contributed by atoms with Crippen molar-refractivity contribution in [1.29, 1.82) is 0 Å². The van der Waals surface area contributed by atoms with Gasteiger partial charge < -0.3 is 19.5 Å². The van der Waals surface area contributed by atoms with Crippen LogP contribution in [0.2, 0.25) is 0 Å². The second-order valence-electron chi connectivity index (χ2n) is 7.96. The van der Waals surface area contributed by atoms with Gasteiger partial charge in [0.15, 0.2) is 0 Å². The highest BCUT2D eigenvalue weighted by molar-refractivity contribution is 7.89. The van der Waals surface area contributed by atoms with Crippen molar-refractivity contribution >= 4 is 21.6 Å². The maximum Gasteiger partial charge on any atom is 0.255 e. The van der Waals surface area contributed by atoms with Crippen LogP contribution in [-0.2, 0) is 23.7 Å². The van der Waals surface area contributed by atoms with Crippen molar-refractivity contribution in [2.75, 3.05) is 38.5 Å². The molecule has 0 atom stereocenters. The summed E-state index contributed by atoms with van der Waals surface area (Å²) >= 11 is 0. The van der Waals surface area contributed by atoms with E-state index in [9.17, 15) is 13.2 Å². The maximum absolute atomic E-state index is 13.0. The summed E-state index contributed by atoms with van der Waals surface area (Å²) in [6.07, 6.45) is 3.55. The first kappa shape index (κ1) is 23.0. The van der Waals surface area contributed by atoms with Crippen molar-refractivity contribution < 1.29 is 17.9 Å². The summed E-state index contributed by atoms with van der Waals surface area (Å²) in [5.41, 5.74) is 0.858. The van der Waals surface area contributed by atoms with E-state index in [1.165, 1.54) is 10.4 Å². The minimum Gasteiger partial charge on any atom is -0.486 e. The number of benzene rings is 2. The molecule has 1 amide bonds. The molecule has 0 spiro atoms. The second-order valence-corrected chi connectivity index (χ2v) is 9.89. The average molecular weight is 470 g/mol. The summed E-state index contributed by atoms with van der Waals surface area (Å²) in [5, 5.41) is 2.78. The molecule has 1 aromatic heterocycles. The van der Waals surface area contributed by atoms with Gasteiger partial charge in [-0.2, -0.15) is 4.31 Å². The topological polar surface area (TPSA) is 96.8 Å². The normalized spacial score (nSPS) is 15.3. The van der Waals surface area contributed by atoms with Gasteiger partial charge in [-0.25, -0.2) is 13.4 Å². The minimum absolute atomic E-state index is 0.169. The summed E-state index contributed by atoms with van der Waals surface area (Å²) in [6, 6.07) is 13.1. The lowest BCUT2D eigenvalue weighted by Gasteiger charge is -2.31. The lowest BCUT2D eigenvalue weighted by atomic mass is 10.2. The van der Waals surface area contributed by atoms with Crippen LogP contribution in [-0.4, -0.2) is 66.3 Å². The molecule has 2 heterocycles. The van der Waals surface area contributed by atoms with Crippen LogP contribution >= 0.6 is 0 Å². The number of sulfonamides is 1. The number of rotatable bonds is 7. The van der Waals surface area contributed by atoms with E-state index < -0.39 is 10.0 Å². The van der Waals surface area contributed by atoms with Crippen LogP contribution in [0.1, 0.15) is 16.2 Å². The number of likely N-dealkylation sites (N-methyl/N-ethyl adjacent to an activating group) is 1. The molecule has 4 rings (SSSR count). The van der Waals surface area contributed by atoms with Crippen LogP contribution in [0.15, 0.2) is 65.8 Å². The molecule has 0 saturated carbocycles. The fraction of sp³-hybridized carbons (Fsp3) is 0.304. The van der Waals surface area contributed by atoms with Crippen molar-refractivity contribution in [1.82, 2.24) is 18.8 Å². The number of aromatic nitrogens is 2. The standard InChI is InChI=1S/C23H27N5O4S/c1-26-12-14-28(15-13-26)33(30,31)21-5-3-4-19(16-21)25-23(29)18-6-8-20(9-7-18)32-17-22-24-10-11-27(22)2/h3-11,16H,12-15,17H2,1-2H3,(H,25,29). The van der Waals surface area contributed by atoms with Crippen molar-refractivity contribution in [2.24, 2.45) is 7.05 Å². The lowest BCUT2D eigenvalue weighted by Crippen LogP contribution is -2.47. The Labute approximate surface area is 193 Å². The van der Waals surface area contributed by atoms with Gasteiger partial charge in [-0.1, -0.05) is 6.07 Å². The van der Waals surface area contributed by atoms with E-state index in [2.05, 4.69) is 15.2 Å². The third-order valence-electron chi connectivity index (χ3n) is 5.60. The molecular formula is C23H27N5O4S. The van der Waals surface area contributed by atoms with Gasteiger partial charge in [0.1, 0.15) is 18.2 Å². The van der Waals surface area contributed by atoms with E-state index in [4.69, 9.17) is 4.74 Å². The zero-order valence-corrected chi connectivity index (χ0v) is 19.5. The van der Waals surface area contributed by atoms with Gasteiger partial charge in [-0.3, -0.25) is 4.79 Å². The fourth-order valence-electron chi connectivity index (χ4n) is 3.50. The van der Waals surface area contributed by atoms with Gasteiger partial charge in [0.05, 0.1) is 4.90 Å². The number of piperazine rings is 1. The predicted molar refractivity (Wildman–Crippen MR) is 125 cm³/mol. The molecule has 2 aromatic carbocycles. The number of ether oxygens (including phenoxy) is 1. The zero-order valence-electron chi connectivity index (χ0n) is 18.6. The number of imidazole rings is 1. The molecule has 33 heavy (non-hydrogen) atoms. The van der Waals surface area contributed by atoms with Crippen molar-refractivity contribution in [3.63, 3.8) is 0 Å². The Kier molecular flexibility index (Phi) is 6.77. The van der Waals surface area contributed by atoms with Crippen LogP contribution < -0.4 is 10.1 Å². The molecular weight excluding hydrogens is 442 g/mol. The number of amides is 1. The second kappa shape index (κ2) is 9.74. The molecule has 1 fully saturated rings. The molecule has 1 aliphatic rings. The van der Waals surface area contributed by atoms with E-state index in [0.29, 0.717) is 49.8 Å². The molecule has 9 nitrogen and oxygen atoms in total. The Morgan fingerprint density at radius 3 is 2.45 bits per heavy atom. The number of aryl methyl sites for hydroxylation is 1. The van der Waals surface area contributed by atoms with E-state index in [0.717, 1.165) is 5.82 Å². The van der Waals surface area contributed by atoms with Crippen molar-refractivity contribution in [3.05, 3.63) is 72.3 Å². The van der Waals surface area contributed by atoms with E-state index in [1.54, 1.807) is 48.7 Å². The molecule has 0 bridgehead atoms. The van der Waals surface area contributed by atoms with Gasteiger partial charge in [0.25, 0.3) is 5.91 Å². The lowest BCUT2D eigenvalue weighted by molar-refractivity contribution is 0.102. The van der Waals surface area contributed by atoms with Crippen molar-refractivity contribution in [3.8, 4) is 5.75 Å². The Morgan fingerprint density at radius 1 is 1.06 bits per heavy atom. The first-order chi connectivity index (χ1) is 15.8. The molecule has 1 saturated heterocycles. The Balaban J connectivity index is 1.40. The van der Waals surface area contributed by atoms with Gasteiger partial charge in [0, 0.05) is 56.9 Å². The summed E-state index contributed by atoms with van der Waals surface area (Å²) in [5.74, 6) is 1.08. The van der Waals surface area contributed by atoms with Gasteiger partial charge >= 0.3 is 0 Å². The summed E-state index contributed by atoms with van der Waals surface area (Å²) in [7, 11) is 0.255. The predicted octanol–water partition coefficient (Wildman–Crippen LogP) is 2.19. The third kappa shape index (κ3) is 5.41. The van der Waals surface area contributed by atoms with Crippen LogP contribution in [0.3, 0.4) is 0 Å². The molecule has 10 heteroatoms. The molecule has 1 N–H and O–H groups in total.